The molecule has 0 spiro atoms. The molecule has 2 rings (SSSR count). The molecule has 106 valence electrons. The van der Waals surface area contributed by atoms with Crippen molar-refractivity contribution in [2.75, 3.05) is 7.05 Å². The Bertz CT molecular complexity index is 440. The maximum absolute atomic E-state index is 10.8. The fourth-order valence-corrected chi connectivity index (χ4v) is 2.78. The number of hydrogen-bond donors (Lipinski definition) is 1. The van der Waals surface area contributed by atoms with Crippen LogP contribution in [0.25, 0.3) is 0 Å². The molecule has 0 radical (unpaired) electrons. The van der Waals surface area contributed by atoms with Gasteiger partial charge in [0.05, 0.1) is 6.54 Å². The van der Waals surface area contributed by atoms with Crippen molar-refractivity contribution >= 4 is 5.97 Å². The number of carboxylic acids is 1. The van der Waals surface area contributed by atoms with Crippen molar-refractivity contribution in [3.63, 3.8) is 0 Å². The molecular formula is C15H23NO3. The van der Waals surface area contributed by atoms with Gasteiger partial charge in [0.25, 0.3) is 0 Å². The first-order valence-corrected chi connectivity index (χ1v) is 6.90. The molecule has 0 unspecified atom stereocenters. The van der Waals surface area contributed by atoms with E-state index in [0.29, 0.717) is 18.0 Å². The Morgan fingerprint density at radius 1 is 1.42 bits per heavy atom. The molecule has 0 amide bonds. The third kappa shape index (κ3) is 3.60. The smallest absolute Gasteiger partial charge is 0.371 e. The summed E-state index contributed by atoms with van der Waals surface area (Å²) in [4.78, 5) is 13.0. The highest BCUT2D eigenvalue weighted by Crippen LogP contribution is 2.36. The van der Waals surface area contributed by atoms with Crippen LogP contribution in [-0.2, 0) is 6.54 Å². The lowest BCUT2D eigenvalue weighted by atomic mass is 9.75. The maximum atomic E-state index is 10.8. The molecule has 0 atom stereocenters. The maximum Gasteiger partial charge on any atom is 0.371 e. The first-order chi connectivity index (χ1) is 8.87. The normalized spacial score (nSPS) is 19.8. The van der Waals surface area contributed by atoms with Crippen molar-refractivity contribution in [3.05, 3.63) is 23.7 Å². The average molecular weight is 265 g/mol. The summed E-state index contributed by atoms with van der Waals surface area (Å²) in [6.45, 7) is 5.34. The minimum atomic E-state index is -1.01. The largest absolute Gasteiger partial charge is 0.475 e. The van der Waals surface area contributed by atoms with E-state index in [1.165, 1.54) is 31.7 Å². The summed E-state index contributed by atoms with van der Waals surface area (Å²) >= 11 is 0. The van der Waals surface area contributed by atoms with E-state index < -0.39 is 5.97 Å². The van der Waals surface area contributed by atoms with E-state index in [4.69, 9.17) is 9.52 Å². The quantitative estimate of drug-likeness (QED) is 0.906. The number of aromatic carboxylic acids is 1. The number of carboxylic acid groups (broad SMARTS) is 1. The molecule has 1 aromatic rings. The lowest BCUT2D eigenvalue weighted by Gasteiger charge is -2.38. The molecule has 0 bridgehead atoms. The van der Waals surface area contributed by atoms with Crippen LogP contribution in [0.1, 0.15) is 55.8 Å². The summed E-state index contributed by atoms with van der Waals surface area (Å²) in [5, 5.41) is 8.83. The van der Waals surface area contributed by atoms with Crippen molar-refractivity contribution in [1.82, 2.24) is 4.90 Å². The molecule has 0 saturated heterocycles. The standard InChI is InChI=1S/C15H23NO3/c1-15(2)8-6-11(7-9-15)16(3)10-12-4-5-13(19-12)14(17)18/h4-5,11H,6-10H2,1-3H3,(H,17,18). The number of nitrogens with zero attached hydrogens (tertiary/aromatic N) is 1. The zero-order valence-electron chi connectivity index (χ0n) is 12.0. The summed E-state index contributed by atoms with van der Waals surface area (Å²) in [6.07, 6.45) is 4.91. The molecule has 4 heteroatoms. The Morgan fingerprint density at radius 2 is 2.05 bits per heavy atom. The van der Waals surface area contributed by atoms with Gasteiger partial charge in [0.1, 0.15) is 5.76 Å². The second-order valence-corrected chi connectivity index (χ2v) is 6.38. The second-order valence-electron chi connectivity index (χ2n) is 6.38. The Hall–Kier alpha value is -1.29. The van der Waals surface area contributed by atoms with Gasteiger partial charge in [-0.15, -0.1) is 0 Å². The summed E-state index contributed by atoms with van der Waals surface area (Å²) in [5.74, 6) is -0.258. The lowest BCUT2D eigenvalue weighted by Crippen LogP contribution is -2.36. The molecule has 1 aliphatic rings. The highest BCUT2D eigenvalue weighted by molar-refractivity contribution is 5.84. The highest BCUT2D eigenvalue weighted by atomic mass is 16.4. The topological polar surface area (TPSA) is 53.7 Å². The molecule has 1 N–H and O–H groups in total. The average Bonchev–Trinajstić information content (AvgIpc) is 2.77. The van der Waals surface area contributed by atoms with Gasteiger partial charge in [0, 0.05) is 6.04 Å². The Kier molecular flexibility index (Phi) is 3.99. The zero-order valence-corrected chi connectivity index (χ0v) is 12.0. The fourth-order valence-electron chi connectivity index (χ4n) is 2.78. The molecule has 4 nitrogen and oxygen atoms in total. The van der Waals surface area contributed by atoms with Gasteiger partial charge < -0.3 is 9.52 Å². The van der Waals surface area contributed by atoms with Crippen molar-refractivity contribution in [1.29, 1.82) is 0 Å². The van der Waals surface area contributed by atoms with E-state index in [9.17, 15) is 4.79 Å². The molecule has 1 aliphatic carbocycles. The summed E-state index contributed by atoms with van der Waals surface area (Å²) < 4.78 is 5.31. The van der Waals surface area contributed by atoms with E-state index in [0.717, 1.165) is 5.76 Å². The lowest BCUT2D eigenvalue weighted by molar-refractivity contribution is 0.0655. The van der Waals surface area contributed by atoms with Crippen LogP contribution in [0, 0.1) is 5.41 Å². The molecular weight excluding hydrogens is 242 g/mol. The van der Waals surface area contributed by atoms with Crippen molar-refractivity contribution in [2.45, 2.75) is 52.1 Å². The van der Waals surface area contributed by atoms with Crippen LogP contribution in [0.2, 0.25) is 0 Å². The minimum absolute atomic E-state index is 0.0215. The third-order valence-electron chi connectivity index (χ3n) is 4.21. The monoisotopic (exact) mass is 265 g/mol. The van der Waals surface area contributed by atoms with Crippen LogP contribution < -0.4 is 0 Å². The van der Waals surface area contributed by atoms with E-state index in [-0.39, 0.29) is 5.76 Å². The number of hydrogen-bond acceptors (Lipinski definition) is 3. The van der Waals surface area contributed by atoms with Crippen LogP contribution in [0.5, 0.6) is 0 Å². The van der Waals surface area contributed by atoms with Crippen LogP contribution in [-0.4, -0.2) is 29.1 Å². The number of rotatable bonds is 4. The number of carbonyl (C=O) groups is 1. The van der Waals surface area contributed by atoms with Crippen LogP contribution in [0.3, 0.4) is 0 Å². The molecule has 19 heavy (non-hydrogen) atoms. The fraction of sp³-hybridized carbons (Fsp3) is 0.667. The predicted octanol–water partition coefficient (Wildman–Crippen LogP) is 3.38. The van der Waals surface area contributed by atoms with E-state index in [1.807, 2.05) is 0 Å². The van der Waals surface area contributed by atoms with Gasteiger partial charge in [-0.05, 0) is 50.3 Å². The summed E-state index contributed by atoms with van der Waals surface area (Å²) in [6, 6.07) is 3.86. The first kappa shape index (κ1) is 14.1. The van der Waals surface area contributed by atoms with Gasteiger partial charge >= 0.3 is 5.97 Å². The zero-order chi connectivity index (χ0) is 14.0. The Morgan fingerprint density at radius 3 is 2.58 bits per heavy atom. The first-order valence-electron chi connectivity index (χ1n) is 6.90. The predicted molar refractivity (Wildman–Crippen MR) is 73.2 cm³/mol. The molecule has 0 aliphatic heterocycles. The van der Waals surface area contributed by atoms with E-state index in [2.05, 4.69) is 25.8 Å². The molecule has 1 saturated carbocycles. The number of furan rings is 1. The van der Waals surface area contributed by atoms with Crippen LogP contribution in [0.15, 0.2) is 16.5 Å². The molecule has 1 heterocycles. The van der Waals surface area contributed by atoms with Gasteiger partial charge in [-0.1, -0.05) is 13.8 Å². The van der Waals surface area contributed by atoms with Crippen LogP contribution in [0.4, 0.5) is 0 Å². The van der Waals surface area contributed by atoms with Gasteiger partial charge in [-0.3, -0.25) is 4.90 Å². The minimum Gasteiger partial charge on any atom is -0.475 e. The van der Waals surface area contributed by atoms with E-state index in [1.54, 1.807) is 6.07 Å². The third-order valence-corrected chi connectivity index (χ3v) is 4.21. The molecule has 0 aromatic carbocycles. The molecule has 1 fully saturated rings. The van der Waals surface area contributed by atoms with Gasteiger partial charge in [-0.2, -0.15) is 0 Å². The van der Waals surface area contributed by atoms with Crippen LogP contribution >= 0.6 is 0 Å². The van der Waals surface area contributed by atoms with E-state index >= 15 is 0 Å². The van der Waals surface area contributed by atoms with Gasteiger partial charge in [-0.25, -0.2) is 4.79 Å². The Balaban J connectivity index is 1.90. The van der Waals surface area contributed by atoms with Gasteiger partial charge in [0.2, 0.25) is 5.76 Å². The second kappa shape index (κ2) is 5.37. The molecule has 1 aromatic heterocycles. The van der Waals surface area contributed by atoms with Crippen molar-refractivity contribution in [3.8, 4) is 0 Å². The summed E-state index contributed by atoms with van der Waals surface area (Å²) in [7, 11) is 2.09. The van der Waals surface area contributed by atoms with Crippen molar-refractivity contribution < 1.29 is 14.3 Å². The van der Waals surface area contributed by atoms with Crippen molar-refractivity contribution in [2.24, 2.45) is 5.41 Å². The van der Waals surface area contributed by atoms with Gasteiger partial charge in [0.15, 0.2) is 0 Å². The SMILES string of the molecule is CN(Cc1ccc(C(=O)O)o1)C1CCC(C)(C)CC1. The summed E-state index contributed by atoms with van der Waals surface area (Å²) in [5.41, 5.74) is 0.471. The Labute approximate surface area is 114 Å². The highest BCUT2D eigenvalue weighted by Gasteiger charge is 2.29.